The number of hydrogen-bond acceptors (Lipinski definition) is 6. The second-order valence-electron chi connectivity index (χ2n) is 4.23. The molecular weight excluding hydrogens is 306 g/mol. The lowest BCUT2D eigenvalue weighted by Crippen LogP contribution is -2.06. The molecule has 0 aliphatic rings. The first-order valence-electron chi connectivity index (χ1n) is 6.27. The predicted molar refractivity (Wildman–Crippen MR) is 78.7 cm³/mol. The number of carbonyl (C=O) groups excluding carboxylic acids is 1. The van der Waals surface area contributed by atoms with E-state index in [-0.39, 0.29) is 10.8 Å². The molecule has 0 amide bonds. The maximum Gasteiger partial charge on any atom is 0.358 e. The van der Waals surface area contributed by atoms with Gasteiger partial charge < -0.3 is 4.74 Å². The summed E-state index contributed by atoms with van der Waals surface area (Å²) in [6.07, 6.45) is 4.51. The Morgan fingerprint density at radius 3 is 2.73 bits per heavy atom. The Kier molecular flexibility index (Phi) is 3.80. The molecule has 3 rings (SSSR count). The fourth-order valence-electron chi connectivity index (χ4n) is 1.87. The van der Waals surface area contributed by atoms with Crippen molar-refractivity contribution in [3.63, 3.8) is 0 Å². The molecule has 0 aliphatic carbocycles. The molecule has 0 spiro atoms. The Labute approximate surface area is 130 Å². The molecule has 22 heavy (non-hydrogen) atoms. The summed E-state index contributed by atoms with van der Waals surface area (Å²) < 4.78 is 6.17. The zero-order valence-corrected chi connectivity index (χ0v) is 12.2. The van der Waals surface area contributed by atoms with Crippen molar-refractivity contribution in [2.45, 2.75) is 0 Å². The van der Waals surface area contributed by atoms with Gasteiger partial charge in [-0.25, -0.2) is 19.4 Å². The Morgan fingerprint density at radius 2 is 2.09 bits per heavy atom. The zero-order chi connectivity index (χ0) is 15.5. The molecule has 110 valence electrons. The molecule has 0 saturated heterocycles. The van der Waals surface area contributed by atoms with Gasteiger partial charge in [0.25, 0.3) is 0 Å². The van der Waals surface area contributed by atoms with Gasteiger partial charge in [-0.3, -0.25) is 4.98 Å². The highest BCUT2D eigenvalue weighted by molar-refractivity contribution is 6.29. The molecule has 0 fully saturated rings. The van der Waals surface area contributed by atoms with Crippen molar-refractivity contribution in [3.05, 3.63) is 53.7 Å². The molecule has 0 aliphatic heterocycles. The average Bonchev–Trinajstić information content (AvgIpc) is 3.01. The van der Waals surface area contributed by atoms with E-state index in [9.17, 15) is 4.79 Å². The van der Waals surface area contributed by atoms with Crippen LogP contribution in [0.15, 0.2) is 42.9 Å². The van der Waals surface area contributed by atoms with Crippen molar-refractivity contribution >= 4 is 17.6 Å². The van der Waals surface area contributed by atoms with E-state index in [1.54, 1.807) is 24.4 Å². The summed E-state index contributed by atoms with van der Waals surface area (Å²) in [5.41, 5.74) is 1.39. The summed E-state index contributed by atoms with van der Waals surface area (Å²) in [5.74, 6) is -0.127. The zero-order valence-electron chi connectivity index (χ0n) is 11.5. The van der Waals surface area contributed by atoms with Gasteiger partial charge in [0.15, 0.2) is 11.5 Å². The molecule has 0 bridgehead atoms. The highest BCUT2D eigenvalue weighted by atomic mass is 35.5. The monoisotopic (exact) mass is 315 g/mol. The Hall–Kier alpha value is -2.80. The summed E-state index contributed by atoms with van der Waals surface area (Å²) in [6.45, 7) is 0. The van der Waals surface area contributed by atoms with Crippen LogP contribution < -0.4 is 0 Å². The average molecular weight is 316 g/mol. The third-order valence-corrected chi connectivity index (χ3v) is 3.05. The van der Waals surface area contributed by atoms with Crippen LogP contribution in [0.5, 0.6) is 0 Å². The normalized spacial score (nSPS) is 10.5. The number of rotatable bonds is 3. The highest BCUT2D eigenvalue weighted by Crippen LogP contribution is 2.21. The van der Waals surface area contributed by atoms with Crippen molar-refractivity contribution in [3.8, 4) is 17.2 Å². The van der Waals surface area contributed by atoms with E-state index in [4.69, 9.17) is 16.3 Å². The minimum Gasteiger partial charge on any atom is -0.464 e. The lowest BCUT2D eigenvalue weighted by atomic mass is 10.2. The van der Waals surface area contributed by atoms with Crippen molar-refractivity contribution in [2.75, 3.05) is 7.11 Å². The van der Waals surface area contributed by atoms with Gasteiger partial charge in [-0.05, 0) is 12.1 Å². The topological polar surface area (TPSA) is 82.8 Å². The van der Waals surface area contributed by atoms with Crippen molar-refractivity contribution in [1.29, 1.82) is 0 Å². The minimum absolute atomic E-state index is 0.153. The number of esters is 1. The van der Waals surface area contributed by atoms with Crippen LogP contribution in [-0.2, 0) is 4.74 Å². The number of ether oxygens (including phenoxy) is 1. The molecule has 3 aromatic heterocycles. The van der Waals surface area contributed by atoms with Gasteiger partial charge >= 0.3 is 5.97 Å². The first-order chi connectivity index (χ1) is 10.7. The lowest BCUT2D eigenvalue weighted by molar-refractivity contribution is 0.0593. The van der Waals surface area contributed by atoms with E-state index < -0.39 is 5.97 Å². The maximum atomic E-state index is 11.7. The van der Waals surface area contributed by atoms with Crippen LogP contribution in [0, 0.1) is 0 Å². The summed E-state index contributed by atoms with van der Waals surface area (Å²) in [4.78, 5) is 24.1. The minimum atomic E-state index is -0.544. The molecule has 0 N–H and O–H groups in total. The Balaban J connectivity index is 2.17. The van der Waals surface area contributed by atoms with E-state index in [1.165, 1.54) is 24.2 Å². The van der Waals surface area contributed by atoms with Gasteiger partial charge in [-0.1, -0.05) is 17.7 Å². The van der Waals surface area contributed by atoms with Crippen LogP contribution in [0.1, 0.15) is 10.5 Å². The first kappa shape index (κ1) is 14.2. The van der Waals surface area contributed by atoms with Crippen molar-refractivity contribution in [2.24, 2.45) is 0 Å². The standard InChI is InChI=1S/C14H10ClN5O2/c1-22-14(21)10-6-11(9-4-2-3-5-16-9)20(19-10)13-8-17-12(15)7-18-13/h2-8H,1H3. The molecule has 0 aromatic carbocycles. The van der Waals surface area contributed by atoms with E-state index in [0.717, 1.165) is 0 Å². The van der Waals surface area contributed by atoms with E-state index in [0.29, 0.717) is 17.2 Å². The molecule has 0 unspecified atom stereocenters. The van der Waals surface area contributed by atoms with Gasteiger partial charge in [-0.2, -0.15) is 5.10 Å². The number of carbonyl (C=O) groups is 1. The third kappa shape index (κ3) is 2.66. The van der Waals surface area contributed by atoms with E-state index >= 15 is 0 Å². The van der Waals surface area contributed by atoms with Crippen LogP contribution >= 0.6 is 11.6 Å². The number of nitrogens with zero attached hydrogens (tertiary/aromatic N) is 5. The first-order valence-corrected chi connectivity index (χ1v) is 6.64. The predicted octanol–water partition coefficient (Wildman–Crippen LogP) is 2.16. The van der Waals surface area contributed by atoms with Crippen LogP contribution in [0.3, 0.4) is 0 Å². The lowest BCUT2D eigenvalue weighted by Gasteiger charge is -2.05. The van der Waals surface area contributed by atoms with Gasteiger partial charge in [0.2, 0.25) is 0 Å². The van der Waals surface area contributed by atoms with Gasteiger partial charge in [0, 0.05) is 12.3 Å². The summed E-state index contributed by atoms with van der Waals surface area (Å²) in [7, 11) is 1.30. The van der Waals surface area contributed by atoms with Crippen molar-refractivity contribution in [1.82, 2.24) is 24.7 Å². The van der Waals surface area contributed by atoms with Gasteiger partial charge in [0.05, 0.1) is 30.9 Å². The van der Waals surface area contributed by atoms with E-state index in [1.807, 2.05) is 6.07 Å². The number of halogens is 1. The largest absolute Gasteiger partial charge is 0.464 e. The van der Waals surface area contributed by atoms with Crippen molar-refractivity contribution < 1.29 is 9.53 Å². The third-order valence-electron chi connectivity index (χ3n) is 2.85. The summed E-state index contributed by atoms with van der Waals surface area (Å²) in [5, 5.41) is 4.48. The highest BCUT2D eigenvalue weighted by Gasteiger charge is 2.18. The molecule has 8 heteroatoms. The summed E-state index contributed by atoms with van der Waals surface area (Å²) in [6, 6.07) is 7.03. The van der Waals surface area contributed by atoms with E-state index in [2.05, 4.69) is 20.1 Å². The second-order valence-corrected chi connectivity index (χ2v) is 4.62. The van der Waals surface area contributed by atoms with Crippen LogP contribution in [-0.4, -0.2) is 37.8 Å². The smallest absolute Gasteiger partial charge is 0.358 e. The Bertz CT molecular complexity index is 802. The van der Waals surface area contributed by atoms with Gasteiger partial charge in [-0.15, -0.1) is 0 Å². The fourth-order valence-corrected chi connectivity index (χ4v) is 1.97. The molecule has 0 radical (unpaired) electrons. The molecule has 0 saturated carbocycles. The number of pyridine rings is 1. The molecule has 0 atom stereocenters. The van der Waals surface area contributed by atoms with Crippen LogP contribution in [0.4, 0.5) is 0 Å². The SMILES string of the molecule is COC(=O)c1cc(-c2ccccn2)n(-c2cnc(Cl)cn2)n1. The van der Waals surface area contributed by atoms with Gasteiger partial charge in [0.1, 0.15) is 5.15 Å². The molecule has 3 heterocycles. The second kappa shape index (κ2) is 5.90. The fraction of sp³-hybridized carbons (Fsp3) is 0.0714. The molecule has 7 nitrogen and oxygen atoms in total. The maximum absolute atomic E-state index is 11.7. The Morgan fingerprint density at radius 1 is 1.23 bits per heavy atom. The molecule has 3 aromatic rings. The van der Waals surface area contributed by atoms with Crippen LogP contribution in [0.25, 0.3) is 17.2 Å². The number of hydrogen-bond donors (Lipinski definition) is 0. The van der Waals surface area contributed by atoms with Crippen LogP contribution in [0.2, 0.25) is 5.15 Å². The molecular formula is C14H10ClN5O2. The quantitative estimate of drug-likeness (QED) is 0.689. The summed E-state index contributed by atoms with van der Waals surface area (Å²) >= 11 is 5.74. The number of methoxy groups -OCH3 is 1. The number of aromatic nitrogens is 5.